The molecule has 1 amide bonds. The minimum absolute atomic E-state index is 0.139. The molecule has 162 valence electrons. The molecule has 1 aromatic heterocycles. The predicted octanol–water partition coefficient (Wildman–Crippen LogP) is 8.49. The molecule has 1 aliphatic rings. The molecule has 0 unspecified atom stereocenters. The molecule has 0 saturated heterocycles. The fraction of sp³-hybridized carbons (Fsp3) is 0. The van der Waals surface area contributed by atoms with Gasteiger partial charge in [-0.3, -0.25) is 9.69 Å². The first-order valence-corrected chi connectivity index (χ1v) is 11.7. The number of amides is 1. The summed E-state index contributed by atoms with van der Waals surface area (Å²) in [6.07, 6.45) is 3.62. The summed E-state index contributed by atoms with van der Waals surface area (Å²) in [6.45, 7) is 0. The van der Waals surface area contributed by atoms with Gasteiger partial charge < -0.3 is 4.42 Å². The summed E-state index contributed by atoms with van der Waals surface area (Å²) in [7, 11) is 0. The number of benzene rings is 3. The average Bonchev–Trinajstić information content (AvgIpc) is 3.41. The summed E-state index contributed by atoms with van der Waals surface area (Å²) < 4.78 is 6.82. The monoisotopic (exact) mass is 535 g/mol. The van der Waals surface area contributed by atoms with Crippen LogP contribution in [0.4, 0.5) is 5.69 Å². The zero-order valence-corrected chi connectivity index (χ0v) is 20.2. The summed E-state index contributed by atoms with van der Waals surface area (Å²) in [5.41, 5.74) is 3.72. The highest BCUT2D eigenvalue weighted by Gasteiger charge is 2.31. The second kappa shape index (κ2) is 9.06. The van der Waals surface area contributed by atoms with Gasteiger partial charge in [-0.1, -0.05) is 65.7 Å². The van der Waals surface area contributed by atoms with Crippen molar-refractivity contribution in [2.75, 3.05) is 4.90 Å². The lowest BCUT2D eigenvalue weighted by atomic mass is 10.1. The van der Waals surface area contributed by atoms with Gasteiger partial charge in [-0.05, 0) is 76.1 Å². The summed E-state index contributed by atoms with van der Waals surface area (Å²) in [4.78, 5) is 15.2. The normalized spacial score (nSPS) is 14.8. The minimum atomic E-state index is -0.139. The van der Waals surface area contributed by atoms with Gasteiger partial charge in [-0.25, -0.2) is 0 Å². The van der Waals surface area contributed by atoms with Crippen LogP contribution in [0.1, 0.15) is 11.3 Å². The Balaban J connectivity index is 1.57. The first kappa shape index (κ1) is 21.8. The summed E-state index contributed by atoms with van der Waals surface area (Å²) in [6, 6.07) is 26.3. The number of para-hydroxylation sites is 1. The van der Waals surface area contributed by atoms with Gasteiger partial charge in [0.05, 0.1) is 16.4 Å². The molecule has 0 spiro atoms. The molecule has 1 aliphatic heterocycles. The van der Waals surface area contributed by atoms with E-state index in [-0.39, 0.29) is 5.91 Å². The van der Waals surface area contributed by atoms with E-state index in [1.807, 2.05) is 72.8 Å². The maximum absolute atomic E-state index is 13.5. The molecule has 0 bridgehead atoms. The Morgan fingerprint density at radius 1 is 0.879 bits per heavy atom. The van der Waals surface area contributed by atoms with E-state index in [0.29, 0.717) is 32.7 Å². The van der Waals surface area contributed by atoms with Crippen molar-refractivity contribution in [3.63, 3.8) is 0 Å². The number of hydrogen-bond acceptors (Lipinski definition) is 2. The number of halogens is 3. The van der Waals surface area contributed by atoms with Crippen molar-refractivity contribution in [3.8, 4) is 11.3 Å². The van der Waals surface area contributed by atoms with Crippen molar-refractivity contribution in [1.29, 1.82) is 0 Å². The quantitative estimate of drug-likeness (QED) is 0.245. The Labute approximate surface area is 209 Å². The van der Waals surface area contributed by atoms with Gasteiger partial charge in [0.2, 0.25) is 0 Å². The Bertz CT molecular complexity index is 1420. The number of carbonyl (C=O) groups is 1. The van der Waals surface area contributed by atoms with E-state index in [1.165, 1.54) is 0 Å². The maximum atomic E-state index is 13.5. The number of anilines is 1. The van der Waals surface area contributed by atoms with Crippen molar-refractivity contribution < 1.29 is 9.21 Å². The van der Waals surface area contributed by atoms with Gasteiger partial charge in [-0.2, -0.15) is 0 Å². The van der Waals surface area contributed by atoms with E-state index in [1.54, 1.807) is 29.2 Å². The minimum Gasteiger partial charge on any atom is -0.457 e. The van der Waals surface area contributed by atoms with E-state index < -0.39 is 0 Å². The van der Waals surface area contributed by atoms with Crippen molar-refractivity contribution >= 4 is 62.5 Å². The van der Waals surface area contributed by atoms with Crippen LogP contribution in [0.5, 0.6) is 0 Å². The maximum Gasteiger partial charge on any atom is 0.263 e. The van der Waals surface area contributed by atoms with Crippen molar-refractivity contribution in [2.45, 2.75) is 0 Å². The zero-order chi connectivity index (χ0) is 22.9. The molecule has 0 N–H and O–H groups in total. The van der Waals surface area contributed by atoms with E-state index in [2.05, 4.69) is 15.9 Å². The van der Waals surface area contributed by atoms with Crippen molar-refractivity contribution in [1.82, 2.24) is 0 Å². The van der Waals surface area contributed by atoms with Crippen LogP contribution in [0.15, 0.2) is 105 Å². The lowest BCUT2D eigenvalue weighted by Gasteiger charge is -2.22. The van der Waals surface area contributed by atoms with Crippen LogP contribution in [-0.4, -0.2) is 5.91 Å². The number of furan rings is 1. The molecule has 0 radical (unpaired) electrons. The molecule has 6 heteroatoms. The van der Waals surface area contributed by atoms with Crippen molar-refractivity contribution in [2.24, 2.45) is 0 Å². The van der Waals surface area contributed by atoms with E-state index in [0.717, 1.165) is 21.4 Å². The fourth-order valence-electron chi connectivity index (χ4n) is 3.72. The van der Waals surface area contributed by atoms with Gasteiger partial charge in [0.25, 0.3) is 5.91 Å². The lowest BCUT2D eigenvalue weighted by Crippen LogP contribution is -2.25. The third kappa shape index (κ3) is 4.30. The molecule has 0 saturated carbocycles. The van der Waals surface area contributed by atoms with Gasteiger partial charge in [0, 0.05) is 20.6 Å². The Morgan fingerprint density at radius 3 is 2.42 bits per heavy atom. The highest BCUT2D eigenvalue weighted by molar-refractivity contribution is 9.10. The highest BCUT2D eigenvalue weighted by atomic mass is 79.9. The molecule has 0 atom stereocenters. The third-order valence-electron chi connectivity index (χ3n) is 5.26. The Morgan fingerprint density at radius 2 is 1.64 bits per heavy atom. The van der Waals surface area contributed by atoms with Crippen LogP contribution in [-0.2, 0) is 4.79 Å². The highest BCUT2D eigenvalue weighted by Crippen LogP contribution is 2.39. The van der Waals surface area contributed by atoms with Crippen LogP contribution >= 0.6 is 39.1 Å². The van der Waals surface area contributed by atoms with Gasteiger partial charge >= 0.3 is 0 Å². The van der Waals surface area contributed by atoms with Gasteiger partial charge in [0.15, 0.2) is 0 Å². The molecule has 4 aromatic rings. The number of hydrogen-bond donors (Lipinski definition) is 0. The SMILES string of the molecule is O=C1/C(=C/c2ccc(-c3cc(Cl)ccc3Cl)o2)C=C(c2ccccc2)N1c1ccccc1Br. The van der Waals surface area contributed by atoms with Crippen LogP contribution in [0.2, 0.25) is 10.0 Å². The van der Waals surface area contributed by atoms with E-state index in [9.17, 15) is 4.79 Å². The summed E-state index contributed by atoms with van der Waals surface area (Å²) >= 11 is 16.0. The molecular formula is C27H16BrCl2NO2. The lowest BCUT2D eigenvalue weighted by molar-refractivity contribution is -0.113. The van der Waals surface area contributed by atoms with E-state index >= 15 is 0 Å². The van der Waals surface area contributed by atoms with Gasteiger partial charge in [0.1, 0.15) is 11.5 Å². The molecule has 3 aromatic carbocycles. The molecule has 2 heterocycles. The van der Waals surface area contributed by atoms with Crippen molar-refractivity contribution in [3.05, 3.63) is 122 Å². The molecule has 5 rings (SSSR count). The van der Waals surface area contributed by atoms with Crippen LogP contribution in [0.3, 0.4) is 0 Å². The topological polar surface area (TPSA) is 33.5 Å². The molecule has 33 heavy (non-hydrogen) atoms. The van der Waals surface area contributed by atoms with Crippen LogP contribution in [0.25, 0.3) is 23.1 Å². The number of nitrogens with zero attached hydrogens (tertiary/aromatic N) is 1. The Kier molecular flexibility index (Phi) is 5.98. The molecule has 0 fully saturated rings. The van der Waals surface area contributed by atoms with Crippen LogP contribution < -0.4 is 4.90 Å². The average molecular weight is 537 g/mol. The molecule has 3 nitrogen and oxygen atoms in total. The second-order valence-corrected chi connectivity index (χ2v) is 9.11. The van der Waals surface area contributed by atoms with Gasteiger partial charge in [-0.15, -0.1) is 0 Å². The fourth-order valence-corrected chi connectivity index (χ4v) is 4.57. The van der Waals surface area contributed by atoms with Crippen LogP contribution in [0, 0.1) is 0 Å². The first-order valence-electron chi connectivity index (χ1n) is 10.1. The molecular weight excluding hydrogens is 521 g/mol. The third-order valence-corrected chi connectivity index (χ3v) is 6.50. The smallest absolute Gasteiger partial charge is 0.263 e. The largest absolute Gasteiger partial charge is 0.457 e. The predicted molar refractivity (Wildman–Crippen MR) is 138 cm³/mol. The zero-order valence-electron chi connectivity index (χ0n) is 17.1. The second-order valence-electron chi connectivity index (χ2n) is 7.41. The van der Waals surface area contributed by atoms with E-state index in [4.69, 9.17) is 27.6 Å². The standard InChI is InChI=1S/C27H16BrCl2NO2/c28-22-8-4-5-9-24(22)31-25(17-6-2-1-3-7-17)15-18(27(31)32)14-20-11-13-26(33-20)21-16-19(29)10-12-23(21)30/h1-16H/b18-14+. The first-order chi connectivity index (χ1) is 16.0. The summed E-state index contributed by atoms with van der Waals surface area (Å²) in [5.74, 6) is 0.983. The Hall–Kier alpha value is -3.05. The molecule has 0 aliphatic carbocycles. The number of carbonyl (C=O) groups excluding carboxylic acids is 1. The number of rotatable bonds is 4. The summed E-state index contributed by atoms with van der Waals surface area (Å²) in [5, 5.41) is 1.10.